The highest BCUT2D eigenvalue weighted by Gasteiger charge is 2.35. The number of rotatable bonds is 10. The molecule has 3 N–H and O–H groups in total. The third-order valence-electron chi connectivity index (χ3n) is 7.72. The molecule has 0 saturated heterocycles. The summed E-state index contributed by atoms with van der Waals surface area (Å²) in [5.74, 6) is 0.665. The van der Waals surface area contributed by atoms with Gasteiger partial charge in [-0.25, -0.2) is 0 Å². The van der Waals surface area contributed by atoms with Crippen molar-refractivity contribution in [2.75, 3.05) is 0 Å². The zero-order chi connectivity index (χ0) is 28.2. The quantitative estimate of drug-likeness (QED) is 0.238. The van der Waals surface area contributed by atoms with Crippen LogP contribution in [0.15, 0.2) is 71.7 Å². The van der Waals surface area contributed by atoms with E-state index in [9.17, 15) is 9.59 Å². The smallest absolute Gasteiger partial charge is 0.224 e. The first-order chi connectivity index (χ1) is 19.4. The highest BCUT2D eigenvalue weighted by atomic mass is 16.3. The number of carbonyl (C=O) groups is 2. The van der Waals surface area contributed by atoms with Gasteiger partial charge in [-0.1, -0.05) is 62.4 Å². The third kappa shape index (κ3) is 5.57. The molecule has 2 aromatic heterocycles. The van der Waals surface area contributed by atoms with Crippen molar-refractivity contribution in [1.29, 1.82) is 0 Å². The minimum atomic E-state index is -0.602. The molecule has 40 heavy (non-hydrogen) atoms. The van der Waals surface area contributed by atoms with Gasteiger partial charge in [0.1, 0.15) is 11.3 Å². The highest BCUT2D eigenvalue weighted by Crippen LogP contribution is 2.37. The number of para-hydroxylation sites is 1. The zero-order valence-electron chi connectivity index (χ0n) is 23.2. The van der Waals surface area contributed by atoms with E-state index in [1.807, 2.05) is 68.4 Å². The van der Waals surface area contributed by atoms with Crippen LogP contribution in [-0.2, 0) is 16.1 Å². The molecule has 2 amide bonds. The number of fused-ring (bicyclic) bond motifs is 2. The van der Waals surface area contributed by atoms with Crippen molar-refractivity contribution < 1.29 is 14.0 Å². The fraction of sp³-hybridized carbons (Fsp3) is 0.375. The first-order valence-electron chi connectivity index (χ1n) is 14.1. The number of furan rings is 1. The Morgan fingerprint density at radius 2 is 1.85 bits per heavy atom. The Balaban J connectivity index is 1.48. The van der Waals surface area contributed by atoms with Crippen LogP contribution in [0.3, 0.4) is 0 Å². The van der Waals surface area contributed by atoms with Crippen LogP contribution in [0.1, 0.15) is 57.8 Å². The summed E-state index contributed by atoms with van der Waals surface area (Å²) in [6.45, 7) is 8.59. The first kappa shape index (κ1) is 27.4. The lowest BCUT2D eigenvalue weighted by atomic mass is 9.82. The van der Waals surface area contributed by atoms with E-state index in [1.54, 1.807) is 6.08 Å². The van der Waals surface area contributed by atoms with Gasteiger partial charge in [0.15, 0.2) is 11.6 Å². The second-order valence-corrected chi connectivity index (χ2v) is 11.1. The van der Waals surface area contributed by atoms with Gasteiger partial charge >= 0.3 is 0 Å². The molecule has 3 unspecified atom stereocenters. The number of amides is 2. The van der Waals surface area contributed by atoms with Gasteiger partial charge in [0, 0.05) is 23.1 Å². The van der Waals surface area contributed by atoms with Crippen LogP contribution in [0.4, 0.5) is 0 Å². The van der Waals surface area contributed by atoms with E-state index >= 15 is 0 Å². The number of benzene rings is 2. The predicted octanol–water partition coefficient (Wildman–Crippen LogP) is 6.04. The van der Waals surface area contributed by atoms with Crippen LogP contribution in [0.5, 0.6) is 0 Å². The Kier molecular flexibility index (Phi) is 8.14. The van der Waals surface area contributed by atoms with Crippen LogP contribution in [-0.4, -0.2) is 26.6 Å². The molecule has 1 aliphatic heterocycles. The molecule has 0 saturated carbocycles. The maximum atomic E-state index is 13.7. The van der Waals surface area contributed by atoms with E-state index in [0.717, 1.165) is 65.3 Å². The summed E-state index contributed by atoms with van der Waals surface area (Å²) >= 11 is 0. The monoisotopic (exact) mass is 539 g/mol. The van der Waals surface area contributed by atoms with Crippen LogP contribution in [0, 0.1) is 17.8 Å². The Hall–Kier alpha value is -4.20. The van der Waals surface area contributed by atoms with Gasteiger partial charge in [-0.15, -0.1) is 16.8 Å². The number of hydrogen-bond acceptors (Lipinski definition) is 5. The second kappa shape index (κ2) is 11.9. The van der Waals surface area contributed by atoms with E-state index in [0.29, 0.717) is 12.8 Å². The van der Waals surface area contributed by atoms with Crippen molar-refractivity contribution in [3.8, 4) is 22.7 Å². The molecular weight excluding hydrogens is 502 g/mol. The summed E-state index contributed by atoms with van der Waals surface area (Å²) in [6.07, 6.45) is 5.19. The molecule has 8 nitrogen and oxygen atoms in total. The maximum Gasteiger partial charge on any atom is 0.224 e. The molecule has 4 aromatic rings. The van der Waals surface area contributed by atoms with Crippen LogP contribution < -0.4 is 11.1 Å². The van der Waals surface area contributed by atoms with Gasteiger partial charge in [0.05, 0.1) is 17.9 Å². The summed E-state index contributed by atoms with van der Waals surface area (Å²) in [5, 5.41) is 13.5. The molecule has 3 heterocycles. The van der Waals surface area contributed by atoms with Gasteiger partial charge in [-0.05, 0) is 50.2 Å². The number of carbonyl (C=O) groups excluding carboxylic acids is 2. The van der Waals surface area contributed by atoms with Crippen molar-refractivity contribution in [2.45, 2.75) is 58.5 Å². The number of primary amides is 1. The Morgan fingerprint density at radius 1 is 1.10 bits per heavy atom. The standard InChI is InChI=1S/C32H37N5O3/c1-4-11-23(29(33)38)25(18-20(2)3)32(39)34-26-15-9-10-17-37-30(35-36-31(26)37)24-14-7-6-13-22(24)28-19-21-12-5-8-16-27(21)40-28/h4-8,12-14,16,19-20,23,25-26H,1,9-11,15,17-18H2,2-3H3,(H2,33,38)(H,34,39). The number of nitrogens with zero attached hydrogens (tertiary/aromatic N) is 3. The molecule has 208 valence electrons. The Morgan fingerprint density at radius 3 is 2.58 bits per heavy atom. The molecule has 0 fully saturated rings. The molecule has 0 bridgehead atoms. The number of hydrogen-bond donors (Lipinski definition) is 2. The molecule has 0 spiro atoms. The fourth-order valence-corrected chi connectivity index (χ4v) is 5.78. The normalized spacial score (nSPS) is 16.7. The Bertz CT molecular complexity index is 1480. The average molecular weight is 540 g/mol. The van der Waals surface area contributed by atoms with Crippen molar-refractivity contribution in [2.24, 2.45) is 23.5 Å². The second-order valence-electron chi connectivity index (χ2n) is 11.1. The highest BCUT2D eigenvalue weighted by molar-refractivity contribution is 5.88. The number of nitrogens with one attached hydrogen (secondary N) is 1. The van der Waals surface area contributed by atoms with Gasteiger partial charge in [0.25, 0.3) is 0 Å². The summed E-state index contributed by atoms with van der Waals surface area (Å²) in [4.78, 5) is 26.0. The van der Waals surface area contributed by atoms with Gasteiger partial charge < -0.3 is 20.0 Å². The minimum absolute atomic E-state index is 0.176. The largest absolute Gasteiger partial charge is 0.456 e. The van der Waals surface area contributed by atoms with E-state index in [-0.39, 0.29) is 17.9 Å². The van der Waals surface area contributed by atoms with E-state index in [2.05, 4.69) is 26.7 Å². The lowest BCUT2D eigenvalue weighted by Gasteiger charge is -2.27. The van der Waals surface area contributed by atoms with Crippen LogP contribution in [0.25, 0.3) is 33.7 Å². The first-order valence-corrected chi connectivity index (χ1v) is 14.1. The summed E-state index contributed by atoms with van der Waals surface area (Å²) in [7, 11) is 0. The predicted molar refractivity (Wildman–Crippen MR) is 156 cm³/mol. The van der Waals surface area contributed by atoms with E-state index < -0.39 is 17.7 Å². The molecule has 3 atom stereocenters. The average Bonchev–Trinajstić information content (AvgIpc) is 3.51. The summed E-state index contributed by atoms with van der Waals surface area (Å²) in [6, 6.07) is 17.7. The molecule has 0 radical (unpaired) electrons. The number of nitrogens with two attached hydrogens (primary N) is 1. The van der Waals surface area contributed by atoms with Crippen LogP contribution >= 0.6 is 0 Å². The molecular formula is C32H37N5O3. The van der Waals surface area contributed by atoms with Gasteiger partial charge in [-0.2, -0.15) is 0 Å². The number of allylic oxidation sites excluding steroid dienone is 1. The lowest BCUT2D eigenvalue weighted by molar-refractivity contribution is -0.134. The van der Waals surface area contributed by atoms with Crippen molar-refractivity contribution in [3.05, 3.63) is 73.1 Å². The molecule has 8 heteroatoms. The van der Waals surface area contributed by atoms with E-state index in [1.165, 1.54) is 0 Å². The Labute approximate surface area is 234 Å². The molecule has 1 aliphatic rings. The topological polar surface area (TPSA) is 116 Å². The SMILES string of the molecule is C=CCC(C(N)=O)C(CC(C)C)C(=O)NC1CCCCn2c(-c3ccccc3-c3cc4ccccc4o3)nnc21. The maximum absolute atomic E-state index is 13.7. The summed E-state index contributed by atoms with van der Waals surface area (Å²) in [5.41, 5.74) is 8.41. The van der Waals surface area contributed by atoms with E-state index in [4.69, 9.17) is 10.2 Å². The number of aromatic nitrogens is 3. The minimum Gasteiger partial charge on any atom is -0.456 e. The third-order valence-corrected chi connectivity index (χ3v) is 7.72. The van der Waals surface area contributed by atoms with Gasteiger partial charge in [0.2, 0.25) is 11.8 Å². The van der Waals surface area contributed by atoms with Crippen molar-refractivity contribution >= 4 is 22.8 Å². The lowest BCUT2D eigenvalue weighted by Crippen LogP contribution is -2.42. The van der Waals surface area contributed by atoms with Crippen LogP contribution in [0.2, 0.25) is 0 Å². The molecule has 2 aromatic carbocycles. The fourth-order valence-electron chi connectivity index (χ4n) is 5.78. The summed E-state index contributed by atoms with van der Waals surface area (Å²) < 4.78 is 8.31. The van der Waals surface area contributed by atoms with Crippen molar-refractivity contribution in [1.82, 2.24) is 20.1 Å². The van der Waals surface area contributed by atoms with Gasteiger partial charge in [-0.3, -0.25) is 9.59 Å². The molecule has 0 aliphatic carbocycles. The zero-order valence-corrected chi connectivity index (χ0v) is 23.2. The van der Waals surface area contributed by atoms with Crippen molar-refractivity contribution in [3.63, 3.8) is 0 Å². The molecule has 5 rings (SSSR count).